The number of ether oxygens (including phenoxy) is 1. The second-order valence-corrected chi connectivity index (χ2v) is 5.60. The highest BCUT2D eigenvalue weighted by molar-refractivity contribution is 7.09. The first-order chi connectivity index (χ1) is 10.2. The first-order valence-corrected chi connectivity index (χ1v) is 7.48. The highest BCUT2D eigenvalue weighted by Gasteiger charge is 2.18. The van der Waals surface area contributed by atoms with E-state index in [9.17, 15) is 4.79 Å². The number of nitrogens with zero attached hydrogens (tertiary/aromatic N) is 2. The van der Waals surface area contributed by atoms with Crippen LogP contribution in [0.4, 0.5) is 0 Å². The van der Waals surface area contributed by atoms with Gasteiger partial charge in [-0.3, -0.25) is 4.79 Å². The number of rotatable bonds is 6. The summed E-state index contributed by atoms with van der Waals surface area (Å²) >= 11 is 1.47. The molecular weight excluding hydrogens is 284 g/mol. The van der Waals surface area contributed by atoms with Gasteiger partial charge in [0.2, 0.25) is 0 Å². The molecular formula is C16H18N2O2S. The van der Waals surface area contributed by atoms with Crippen LogP contribution in [0.25, 0.3) is 0 Å². The number of hydrogen-bond donors (Lipinski definition) is 0. The van der Waals surface area contributed by atoms with Gasteiger partial charge in [-0.1, -0.05) is 24.3 Å². The smallest absolute Gasteiger partial charge is 0.273 e. The van der Waals surface area contributed by atoms with Crippen LogP contribution in [0.3, 0.4) is 0 Å². The summed E-state index contributed by atoms with van der Waals surface area (Å²) in [6.45, 7) is 6.54. The van der Waals surface area contributed by atoms with E-state index in [2.05, 4.69) is 11.6 Å². The predicted molar refractivity (Wildman–Crippen MR) is 84.8 cm³/mol. The predicted octanol–water partition coefficient (Wildman–Crippen LogP) is 3.29. The molecule has 1 aromatic carbocycles. The molecule has 1 heterocycles. The van der Waals surface area contributed by atoms with Crippen molar-refractivity contribution < 1.29 is 9.53 Å². The Balaban J connectivity index is 2.22. The zero-order valence-electron chi connectivity index (χ0n) is 12.2. The summed E-state index contributed by atoms with van der Waals surface area (Å²) < 4.78 is 5.34. The third-order valence-electron chi connectivity index (χ3n) is 3.03. The lowest BCUT2D eigenvalue weighted by Gasteiger charge is -2.21. The number of aryl methyl sites for hydroxylation is 1. The van der Waals surface area contributed by atoms with Gasteiger partial charge in [0.15, 0.2) is 0 Å². The molecule has 0 bridgehead atoms. The normalized spacial score (nSPS) is 10.2. The maximum absolute atomic E-state index is 12.5. The average Bonchev–Trinajstić information content (AvgIpc) is 2.93. The molecule has 0 aliphatic heterocycles. The van der Waals surface area contributed by atoms with Crippen molar-refractivity contribution in [3.8, 4) is 5.75 Å². The average molecular weight is 302 g/mol. The van der Waals surface area contributed by atoms with Gasteiger partial charge in [-0.25, -0.2) is 4.98 Å². The van der Waals surface area contributed by atoms with Gasteiger partial charge in [0.05, 0.1) is 18.7 Å². The third-order valence-corrected chi connectivity index (χ3v) is 3.80. The number of methoxy groups -OCH3 is 1. The summed E-state index contributed by atoms with van der Waals surface area (Å²) in [5.41, 5.74) is 1.44. The van der Waals surface area contributed by atoms with Gasteiger partial charge in [0, 0.05) is 17.5 Å². The van der Waals surface area contributed by atoms with Crippen LogP contribution in [0.15, 0.2) is 42.3 Å². The van der Waals surface area contributed by atoms with Crippen LogP contribution in [0.1, 0.15) is 21.1 Å². The molecule has 2 rings (SSSR count). The van der Waals surface area contributed by atoms with Crippen LogP contribution in [0.5, 0.6) is 5.75 Å². The Morgan fingerprint density at radius 1 is 1.48 bits per heavy atom. The molecule has 0 unspecified atom stereocenters. The molecule has 0 aliphatic carbocycles. The van der Waals surface area contributed by atoms with E-state index in [0.29, 0.717) is 18.8 Å². The number of carbonyl (C=O) groups is 1. The SMILES string of the molecule is C=CCN(Cc1ccccc1OC)C(=O)c1csc(C)n1. The molecule has 21 heavy (non-hydrogen) atoms. The van der Waals surface area contributed by atoms with Crippen LogP contribution >= 0.6 is 11.3 Å². The van der Waals surface area contributed by atoms with Crippen LogP contribution < -0.4 is 4.74 Å². The molecule has 4 nitrogen and oxygen atoms in total. The maximum Gasteiger partial charge on any atom is 0.273 e. The van der Waals surface area contributed by atoms with E-state index in [0.717, 1.165) is 16.3 Å². The second-order valence-electron chi connectivity index (χ2n) is 4.54. The third kappa shape index (κ3) is 3.70. The van der Waals surface area contributed by atoms with Gasteiger partial charge in [-0.05, 0) is 13.0 Å². The molecule has 5 heteroatoms. The lowest BCUT2D eigenvalue weighted by molar-refractivity contribution is 0.0756. The molecule has 0 atom stereocenters. The molecule has 0 fully saturated rings. The monoisotopic (exact) mass is 302 g/mol. The minimum absolute atomic E-state index is 0.0924. The number of amides is 1. The lowest BCUT2D eigenvalue weighted by Crippen LogP contribution is -2.31. The number of benzene rings is 1. The van der Waals surface area contributed by atoms with Crippen LogP contribution in [-0.2, 0) is 6.54 Å². The van der Waals surface area contributed by atoms with Crippen molar-refractivity contribution in [1.82, 2.24) is 9.88 Å². The Kier molecular flexibility index (Phi) is 5.11. The molecule has 0 N–H and O–H groups in total. The first-order valence-electron chi connectivity index (χ1n) is 6.60. The maximum atomic E-state index is 12.5. The van der Waals surface area contributed by atoms with Gasteiger partial charge in [0.25, 0.3) is 5.91 Å². The zero-order chi connectivity index (χ0) is 15.2. The van der Waals surface area contributed by atoms with E-state index < -0.39 is 0 Å². The summed E-state index contributed by atoms with van der Waals surface area (Å²) in [4.78, 5) is 18.5. The van der Waals surface area contributed by atoms with Gasteiger partial charge in [-0.2, -0.15) is 0 Å². The molecule has 0 radical (unpaired) electrons. The molecule has 0 aliphatic rings. The highest BCUT2D eigenvalue weighted by atomic mass is 32.1. The summed E-state index contributed by atoms with van der Waals surface area (Å²) in [5, 5.41) is 2.67. The van der Waals surface area contributed by atoms with E-state index in [-0.39, 0.29) is 5.91 Å². The summed E-state index contributed by atoms with van der Waals surface area (Å²) in [7, 11) is 1.63. The second kappa shape index (κ2) is 7.04. The molecule has 1 aromatic heterocycles. The topological polar surface area (TPSA) is 42.4 Å². The highest BCUT2D eigenvalue weighted by Crippen LogP contribution is 2.20. The van der Waals surface area contributed by atoms with Crippen molar-refractivity contribution in [2.75, 3.05) is 13.7 Å². The minimum atomic E-state index is -0.0924. The van der Waals surface area contributed by atoms with Crippen molar-refractivity contribution in [2.24, 2.45) is 0 Å². The van der Waals surface area contributed by atoms with Crippen molar-refractivity contribution in [3.63, 3.8) is 0 Å². The Morgan fingerprint density at radius 3 is 2.86 bits per heavy atom. The number of hydrogen-bond acceptors (Lipinski definition) is 4. The van der Waals surface area contributed by atoms with Gasteiger partial charge in [0.1, 0.15) is 11.4 Å². The molecule has 0 spiro atoms. The fourth-order valence-electron chi connectivity index (χ4n) is 2.04. The summed E-state index contributed by atoms with van der Waals surface area (Å²) in [5.74, 6) is 0.680. The molecule has 0 saturated heterocycles. The van der Waals surface area contributed by atoms with Gasteiger partial charge >= 0.3 is 0 Å². The lowest BCUT2D eigenvalue weighted by atomic mass is 10.2. The molecule has 1 amide bonds. The fourth-order valence-corrected chi connectivity index (χ4v) is 2.62. The van der Waals surface area contributed by atoms with E-state index in [1.54, 1.807) is 23.5 Å². The Hall–Kier alpha value is -2.14. The molecule has 110 valence electrons. The van der Waals surface area contributed by atoms with Gasteiger partial charge < -0.3 is 9.64 Å². The zero-order valence-corrected chi connectivity index (χ0v) is 13.0. The van der Waals surface area contributed by atoms with Crippen molar-refractivity contribution in [3.05, 3.63) is 58.6 Å². The molecule has 2 aromatic rings. The van der Waals surface area contributed by atoms with E-state index in [1.165, 1.54) is 11.3 Å². The largest absolute Gasteiger partial charge is 0.496 e. The molecule has 0 saturated carbocycles. The van der Waals surface area contributed by atoms with E-state index >= 15 is 0 Å². The Labute approximate surface area is 128 Å². The number of carbonyl (C=O) groups excluding carboxylic acids is 1. The van der Waals surface area contributed by atoms with E-state index in [1.807, 2.05) is 31.2 Å². The van der Waals surface area contributed by atoms with Crippen molar-refractivity contribution in [1.29, 1.82) is 0 Å². The number of para-hydroxylation sites is 1. The standard InChI is InChI=1S/C16H18N2O2S/c1-4-9-18(16(19)14-11-21-12(2)17-14)10-13-7-5-6-8-15(13)20-3/h4-8,11H,1,9-10H2,2-3H3. The summed E-state index contributed by atoms with van der Waals surface area (Å²) in [6, 6.07) is 7.68. The fraction of sp³-hybridized carbons (Fsp3) is 0.250. The summed E-state index contributed by atoms with van der Waals surface area (Å²) in [6.07, 6.45) is 1.71. The quantitative estimate of drug-likeness (QED) is 0.769. The number of aromatic nitrogens is 1. The van der Waals surface area contributed by atoms with Crippen molar-refractivity contribution >= 4 is 17.2 Å². The van der Waals surface area contributed by atoms with Crippen LogP contribution in [0, 0.1) is 6.92 Å². The first kappa shape index (κ1) is 15.3. The van der Waals surface area contributed by atoms with Crippen LogP contribution in [0.2, 0.25) is 0 Å². The van der Waals surface area contributed by atoms with Crippen LogP contribution in [-0.4, -0.2) is 29.4 Å². The Bertz CT molecular complexity index is 637. The minimum Gasteiger partial charge on any atom is -0.496 e. The van der Waals surface area contributed by atoms with E-state index in [4.69, 9.17) is 4.74 Å². The van der Waals surface area contributed by atoms with Crippen molar-refractivity contribution in [2.45, 2.75) is 13.5 Å². The number of thiazole rings is 1. The Morgan fingerprint density at radius 2 is 2.24 bits per heavy atom. The van der Waals surface area contributed by atoms with Gasteiger partial charge in [-0.15, -0.1) is 17.9 Å².